The van der Waals surface area contributed by atoms with E-state index in [1.165, 1.54) is 12.1 Å². The van der Waals surface area contributed by atoms with Crippen molar-refractivity contribution >= 4 is 11.6 Å². The molecule has 0 unspecified atom stereocenters. The molecule has 3 aromatic rings. The van der Waals surface area contributed by atoms with Crippen LogP contribution in [-0.4, -0.2) is 17.2 Å². The summed E-state index contributed by atoms with van der Waals surface area (Å²) in [6.45, 7) is 0. The number of carbonyl (C=O) groups is 1. The SMILES string of the molecule is O=C(C[C@](O)(c1ccco1)C(F)(F)F)Nc1ccccc1Oc1ccccc1. The average Bonchev–Trinajstić information content (AvgIpc) is 3.18. The number of halogens is 3. The Kier molecular flexibility index (Phi) is 5.41. The fraction of sp³-hybridized carbons (Fsp3) is 0.150. The van der Waals surface area contributed by atoms with E-state index in [-0.39, 0.29) is 11.4 Å². The molecule has 1 atom stereocenters. The van der Waals surface area contributed by atoms with Gasteiger partial charge in [0, 0.05) is 0 Å². The maximum atomic E-state index is 13.4. The van der Waals surface area contributed by atoms with E-state index >= 15 is 0 Å². The first kappa shape index (κ1) is 19.5. The Hall–Kier alpha value is -3.26. The number of amides is 1. The number of rotatable bonds is 6. The van der Waals surface area contributed by atoms with Crippen molar-refractivity contribution < 1.29 is 32.2 Å². The first-order valence-corrected chi connectivity index (χ1v) is 8.24. The van der Waals surface area contributed by atoms with Gasteiger partial charge in [-0.3, -0.25) is 4.79 Å². The molecule has 5 nitrogen and oxygen atoms in total. The lowest BCUT2D eigenvalue weighted by atomic mass is 9.95. The Morgan fingerprint density at radius 2 is 1.68 bits per heavy atom. The van der Waals surface area contributed by atoms with Gasteiger partial charge in [-0.05, 0) is 36.4 Å². The van der Waals surface area contributed by atoms with E-state index < -0.39 is 29.9 Å². The van der Waals surface area contributed by atoms with Gasteiger partial charge in [-0.25, -0.2) is 0 Å². The number of carbonyl (C=O) groups excluding carboxylic acids is 1. The monoisotopic (exact) mass is 391 g/mol. The maximum Gasteiger partial charge on any atom is 0.425 e. The molecule has 0 bridgehead atoms. The Balaban J connectivity index is 1.80. The Labute approximate surface area is 158 Å². The summed E-state index contributed by atoms with van der Waals surface area (Å²) in [7, 11) is 0. The molecular weight excluding hydrogens is 375 g/mol. The molecule has 2 N–H and O–H groups in total. The first-order valence-electron chi connectivity index (χ1n) is 8.24. The minimum absolute atomic E-state index is 0.167. The molecule has 0 aliphatic heterocycles. The van der Waals surface area contributed by atoms with Crippen LogP contribution in [0.4, 0.5) is 18.9 Å². The van der Waals surface area contributed by atoms with Gasteiger partial charge in [-0.1, -0.05) is 30.3 Å². The number of nitrogens with one attached hydrogen (secondary N) is 1. The van der Waals surface area contributed by atoms with Gasteiger partial charge in [0.2, 0.25) is 11.5 Å². The fourth-order valence-electron chi connectivity index (χ4n) is 2.54. The van der Waals surface area contributed by atoms with Crippen LogP contribution in [0.1, 0.15) is 12.2 Å². The molecule has 0 aliphatic rings. The van der Waals surface area contributed by atoms with Gasteiger partial charge in [-0.15, -0.1) is 0 Å². The lowest BCUT2D eigenvalue weighted by molar-refractivity contribution is -0.272. The van der Waals surface area contributed by atoms with Crippen molar-refractivity contribution in [2.45, 2.75) is 18.2 Å². The van der Waals surface area contributed by atoms with Gasteiger partial charge in [-0.2, -0.15) is 13.2 Å². The topological polar surface area (TPSA) is 71.7 Å². The van der Waals surface area contributed by atoms with Crippen LogP contribution in [0.25, 0.3) is 0 Å². The summed E-state index contributed by atoms with van der Waals surface area (Å²) in [5, 5.41) is 12.5. The van der Waals surface area contributed by atoms with Crippen molar-refractivity contribution in [2.24, 2.45) is 0 Å². The van der Waals surface area contributed by atoms with Crippen molar-refractivity contribution in [1.29, 1.82) is 0 Å². The molecule has 3 rings (SSSR count). The number of anilines is 1. The number of para-hydroxylation sites is 3. The molecule has 8 heteroatoms. The number of alkyl halides is 3. The number of hydrogen-bond donors (Lipinski definition) is 2. The van der Waals surface area contributed by atoms with Gasteiger partial charge >= 0.3 is 6.18 Å². The molecular formula is C20H16F3NO4. The van der Waals surface area contributed by atoms with Crippen LogP contribution in [0.15, 0.2) is 77.4 Å². The van der Waals surface area contributed by atoms with E-state index in [4.69, 9.17) is 9.15 Å². The minimum Gasteiger partial charge on any atom is -0.466 e. The quantitative estimate of drug-likeness (QED) is 0.630. The van der Waals surface area contributed by atoms with E-state index in [1.54, 1.807) is 48.5 Å². The molecule has 0 saturated carbocycles. The number of hydrogen-bond acceptors (Lipinski definition) is 4. The highest BCUT2D eigenvalue weighted by atomic mass is 19.4. The van der Waals surface area contributed by atoms with Crippen LogP contribution in [0.5, 0.6) is 11.5 Å². The van der Waals surface area contributed by atoms with Gasteiger partial charge in [0.1, 0.15) is 11.5 Å². The van der Waals surface area contributed by atoms with Crippen LogP contribution in [0.3, 0.4) is 0 Å². The van der Waals surface area contributed by atoms with Crippen molar-refractivity contribution in [3.8, 4) is 11.5 Å². The second kappa shape index (κ2) is 7.77. The fourth-order valence-corrected chi connectivity index (χ4v) is 2.54. The van der Waals surface area contributed by atoms with Crippen LogP contribution >= 0.6 is 0 Å². The molecule has 28 heavy (non-hydrogen) atoms. The Bertz CT molecular complexity index is 926. The molecule has 146 valence electrons. The van der Waals surface area contributed by atoms with Crippen LogP contribution < -0.4 is 10.1 Å². The molecule has 0 radical (unpaired) electrons. The zero-order chi connectivity index (χ0) is 20.2. The summed E-state index contributed by atoms with van der Waals surface area (Å²) in [6, 6.07) is 17.1. The van der Waals surface area contributed by atoms with Crippen molar-refractivity contribution in [3.63, 3.8) is 0 Å². The smallest absolute Gasteiger partial charge is 0.425 e. The zero-order valence-corrected chi connectivity index (χ0v) is 14.4. The van der Waals surface area contributed by atoms with Crippen molar-refractivity contribution in [3.05, 3.63) is 78.8 Å². The molecule has 1 amide bonds. The standard InChI is InChI=1S/C20H16F3NO4/c21-20(22,23)19(26,17-11-6-12-27-17)13-18(25)24-15-9-4-5-10-16(15)28-14-7-2-1-3-8-14/h1-12,26H,13H2,(H,24,25)/t19-/m0/s1. The lowest BCUT2D eigenvalue weighted by Gasteiger charge is -2.28. The van der Waals surface area contributed by atoms with Gasteiger partial charge in [0.15, 0.2) is 5.75 Å². The van der Waals surface area contributed by atoms with Crippen molar-refractivity contribution in [2.75, 3.05) is 5.32 Å². The summed E-state index contributed by atoms with van der Waals surface area (Å²) in [5.41, 5.74) is -3.28. The molecule has 2 aromatic carbocycles. The largest absolute Gasteiger partial charge is 0.466 e. The summed E-state index contributed by atoms with van der Waals surface area (Å²) in [5.74, 6) is -1.08. The summed E-state index contributed by atoms with van der Waals surface area (Å²) in [6.07, 6.45) is -5.39. The predicted molar refractivity (Wildman–Crippen MR) is 94.9 cm³/mol. The van der Waals surface area contributed by atoms with Crippen molar-refractivity contribution in [1.82, 2.24) is 0 Å². The normalized spacial score (nSPS) is 13.6. The van der Waals surface area contributed by atoms with Crippen LogP contribution in [-0.2, 0) is 10.4 Å². The van der Waals surface area contributed by atoms with E-state index in [0.717, 1.165) is 12.3 Å². The Morgan fingerprint density at radius 3 is 2.32 bits per heavy atom. The third-order valence-electron chi connectivity index (χ3n) is 3.95. The minimum atomic E-state index is -5.11. The van der Waals surface area contributed by atoms with Gasteiger partial charge in [0.05, 0.1) is 18.4 Å². The zero-order valence-electron chi connectivity index (χ0n) is 14.4. The van der Waals surface area contributed by atoms with Crippen LogP contribution in [0.2, 0.25) is 0 Å². The maximum absolute atomic E-state index is 13.4. The van der Waals surface area contributed by atoms with E-state index in [0.29, 0.717) is 5.75 Å². The molecule has 0 saturated heterocycles. The molecule has 1 heterocycles. The number of ether oxygens (including phenoxy) is 1. The van der Waals surface area contributed by atoms with Crippen LogP contribution in [0, 0.1) is 0 Å². The molecule has 1 aromatic heterocycles. The number of aliphatic hydroxyl groups is 1. The second-order valence-corrected chi connectivity index (χ2v) is 5.97. The lowest BCUT2D eigenvalue weighted by Crippen LogP contribution is -2.44. The molecule has 0 fully saturated rings. The first-order chi connectivity index (χ1) is 13.3. The third kappa shape index (κ3) is 4.17. The van der Waals surface area contributed by atoms with E-state index in [1.807, 2.05) is 0 Å². The summed E-state index contributed by atoms with van der Waals surface area (Å²) < 4.78 is 50.6. The Morgan fingerprint density at radius 1 is 1.00 bits per heavy atom. The highest BCUT2D eigenvalue weighted by Gasteiger charge is 2.58. The van der Waals surface area contributed by atoms with E-state index in [2.05, 4.69) is 5.32 Å². The third-order valence-corrected chi connectivity index (χ3v) is 3.95. The van der Waals surface area contributed by atoms with E-state index in [9.17, 15) is 23.1 Å². The molecule has 0 aliphatic carbocycles. The predicted octanol–water partition coefficient (Wildman–Crippen LogP) is 4.85. The second-order valence-electron chi connectivity index (χ2n) is 5.97. The summed E-state index contributed by atoms with van der Waals surface area (Å²) in [4.78, 5) is 12.3. The average molecular weight is 391 g/mol. The van der Waals surface area contributed by atoms with Gasteiger partial charge in [0.25, 0.3) is 0 Å². The number of furan rings is 1. The van der Waals surface area contributed by atoms with Gasteiger partial charge < -0.3 is 19.6 Å². The highest BCUT2D eigenvalue weighted by molar-refractivity contribution is 5.93. The summed E-state index contributed by atoms with van der Waals surface area (Å²) >= 11 is 0. The molecule has 0 spiro atoms. The highest BCUT2D eigenvalue weighted by Crippen LogP contribution is 2.42. The number of benzene rings is 2.